The third-order valence-electron chi connectivity index (χ3n) is 3.32. The molecule has 3 rings (SSSR count). The number of halogens is 1. The van der Waals surface area contributed by atoms with Crippen molar-refractivity contribution in [2.24, 2.45) is 7.05 Å². The van der Waals surface area contributed by atoms with Crippen LogP contribution in [0.15, 0.2) is 35.1 Å². The van der Waals surface area contributed by atoms with Crippen LogP contribution in [0.1, 0.15) is 23.6 Å². The molecule has 0 saturated heterocycles. The molecule has 4 nitrogen and oxygen atoms in total. The summed E-state index contributed by atoms with van der Waals surface area (Å²) in [6.07, 6.45) is 4.92. The van der Waals surface area contributed by atoms with Gasteiger partial charge in [0.05, 0.1) is 12.8 Å². The predicted octanol–water partition coefficient (Wildman–Crippen LogP) is 2.80. The van der Waals surface area contributed by atoms with Crippen molar-refractivity contribution in [1.29, 1.82) is 0 Å². The molecule has 0 saturated carbocycles. The number of fused-ring (bicyclic) bond motifs is 1. The minimum atomic E-state index is 0.335. The van der Waals surface area contributed by atoms with Gasteiger partial charge in [-0.3, -0.25) is 4.68 Å². The van der Waals surface area contributed by atoms with Gasteiger partial charge in [0.2, 0.25) is 0 Å². The lowest BCUT2D eigenvalue weighted by Gasteiger charge is -2.27. The lowest BCUT2D eigenvalue weighted by atomic mass is 10.0. The summed E-state index contributed by atoms with van der Waals surface area (Å²) >= 11 is 3.52. The van der Waals surface area contributed by atoms with Crippen molar-refractivity contribution < 1.29 is 4.74 Å². The van der Waals surface area contributed by atoms with E-state index in [0.29, 0.717) is 6.04 Å². The van der Waals surface area contributed by atoms with Gasteiger partial charge in [-0.05, 0) is 18.2 Å². The van der Waals surface area contributed by atoms with Crippen LogP contribution in [-0.4, -0.2) is 16.4 Å². The molecule has 0 aliphatic carbocycles. The van der Waals surface area contributed by atoms with E-state index in [0.717, 1.165) is 29.8 Å². The van der Waals surface area contributed by atoms with E-state index in [-0.39, 0.29) is 0 Å². The Hall–Kier alpha value is -1.33. The number of hydrogen-bond donors (Lipinski definition) is 1. The Kier molecular flexibility index (Phi) is 3.57. The molecule has 2 heterocycles. The highest BCUT2D eigenvalue weighted by atomic mass is 79.9. The topological polar surface area (TPSA) is 39.1 Å². The fraction of sp³-hybridized carbons (Fsp3) is 0.357. The Bertz CT molecular complexity index is 582. The van der Waals surface area contributed by atoms with E-state index in [9.17, 15) is 0 Å². The first-order valence-corrected chi connectivity index (χ1v) is 7.15. The number of aromatic nitrogens is 2. The molecule has 0 fully saturated rings. The molecule has 1 atom stereocenters. The van der Waals surface area contributed by atoms with Gasteiger partial charge in [0.15, 0.2) is 0 Å². The van der Waals surface area contributed by atoms with Crippen molar-refractivity contribution in [3.8, 4) is 5.75 Å². The maximum absolute atomic E-state index is 5.69. The summed E-state index contributed by atoms with van der Waals surface area (Å²) in [5.74, 6) is 0.984. The molecule has 0 bridgehead atoms. The van der Waals surface area contributed by atoms with Gasteiger partial charge in [-0.25, -0.2) is 0 Å². The Labute approximate surface area is 120 Å². The Balaban J connectivity index is 1.74. The highest BCUT2D eigenvalue weighted by Gasteiger charge is 2.21. The van der Waals surface area contributed by atoms with Crippen LogP contribution >= 0.6 is 15.9 Å². The minimum Gasteiger partial charge on any atom is -0.493 e. The number of hydrogen-bond acceptors (Lipinski definition) is 3. The van der Waals surface area contributed by atoms with Gasteiger partial charge in [0, 0.05) is 47.9 Å². The smallest absolute Gasteiger partial charge is 0.124 e. The van der Waals surface area contributed by atoms with E-state index in [1.54, 1.807) is 0 Å². The summed E-state index contributed by atoms with van der Waals surface area (Å²) in [6, 6.07) is 6.51. The van der Waals surface area contributed by atoms with Crippen molar-refractivity contribution in [2.75, 3.05) is 6.61 Å². The van der Waals surface area contributed by atoms with Gasteiger partial charge in [-0.15, -0.1) is 0 Å². The van der Waals surface area contributed by atoms with Crippen LogP contribution < -0.4 is 10.1 Å². The van der Waals surface area contributed by atoms with Crippen LogP contribution in [0.3, 0.4) is 0 Å². The SMILES string of the molecule is Cn1cc(CNC2CCOc3ccc(Br)cc32)cn1. The molecule has 0 amide bonds. The Morgan fingerprint density at radius 2 is 2.42 bits per heavy atom. The van der Waals surface area contributed by atoms with E-state index in [2.05, 4.69) is 32.4 Å². The average molecular weight is 322 g/mol. The molecule has 100 valence electrons. The second-order valence-corrected chi connectivity index (χ2v) is 5.69. The van der Waals surface area contributed by atoms with Gasteiger partial charge in [0.1, 0.15) is 5.75 Å². The van der Waals surface area contributed by atoms with E-state index in [1.165, 1.54) is 11.1 Å². The standard InChI is InChI=1S/C14H16BrN3O/c1-18-9-10(8-17-18)7-16-13-4-5-19-14-3-2-11(15)6-12(13)14/h2-3,6,8-9,13,16H,4-5,7H2,1H3. The van der Waals surface area contributed by atoms with Gasteiger partial charge in [-0.1, -0.05) is 15.9 Å². The van der Waals surface area contributed by atoms with Gasteiger partial charge >= 0.3 is 0 Å². The number of rotatable bonds is 3. The lowest BCUT2D eigenvalue weighted by molar-refractivity contribution is 0.252. The molecule has 0 radical (unpaired) electrons. The van der Waals surface area contributed by atoms with Crippen LogP contribution in [0.5, 0.6) is 5.75 Å². The van der Waals surface area contributed by atoms with Gasteiger partial charge < -0.3 is 10.1 Å². The molecular formula is C14H16BrN3O. The highest BCUT2D eigenvalue weighted by molar-refractivity contribution is 9.10. The van der Waals surface area contributed by atoms with Crippen LogP contribution in [0, 0.1) is 0 Å². The molecule has 0 spiro atoms. The van der Waals surface area contributed by atoms with Crippen molar-refractivity contribution in [3.63, 3.8) is 0 Å². The first-order chi connectivity index (χ1) is 9.22. The zero-order chi connectivity index (χ0) is 13.2. The van der Waals surface area contributed by atoms with Crippen molar-refractivity contribution in [3.05, 3.63) is 46.2 Å². The summed E-state index contributed by atoms with van der Waals surface area (Å²) in [4.78, 5) is 0. The maximum atomic E-state index is 5.69. The molecule has 1 aromatic heterocycles. The summed E-state index contributed by atoms with van der Waals surface area (Å²) < 4.78 is 8.60. The van der Waals surface area contributed by atoms with E-state index >= 15 is 0 Å². The predicted molar refractivity (Wildman–Crippen MR) is 77.0 cm³/mol. The van der Waals surface area contributed by atoms with Crippen LogP contribution in [0.4, 0.5) is 0 Å². The first-order valence-electron chi connectivity index (χ1n) is 6.35. The maximum Gasteiger partial charge on any atom is 0.124 e. The number of ether oxygens (including phenoxy) is 1. The monoisotopic (exact) mass is 321 g/mol. The molecule has 19 heavy (non-hydrogen) atoms. The second kappa shape index (κ2) is 5.35. The molecule has 1 N–H and O–H groups in total. The third kappa shape index (κ3) is 2.82. The largest absolute Gasteiger partial charge is 0.493 e. The second-order valence-electron chi connectivity index (χ2n) is 4.78. The van der Waals surface area contributed by atoms with E-state index < -0.39 is 0 Å². The zero-order valence-electron chi connectivity index (χ0n) is 10.8. The van der Waals surface area contributed by atoms with Gasteiger partial charge in [-0.2, -0.15) is 5.10 Å². The summed E-state index contributed by atoms with van der Waals surface area (Å²) in [5, 5.41) is 7.76. The molecule has 5 heteroatoms. The summed E-state index contributed by atoms with van der Waals surface area (Å²) in [7, 11) is 1.93. The highest BCUT2D eigenvalue weighted by Crippen LogP contribution is 2.34. The normalized spacial score (nSPS) is 17.9. The van der Waals surface area contributed by atoms with Crippen molar-refractivity contribution >= 4 is 15.9 Å². The third-order valence-corrected chi connectivity index (χ3v) is 3.82. The number of nitrogens with one attached hydrogen (secondary N) is 1. The fourth-order valence-electron chi connectivity index (χ4n) is 2.38. The summed E-state index contributed by atoms with van der Waals surface area (Å²) in [5.41, 5.74) is 2.43. The van der Waals surface area contributed by atoms with E-state index in [1.807, 2.05) is 36.3 Å². The average Bonchev–Trinajstić information content (AvgIpc) is 2.82. The lowest BCUT2D eigenvalue weighted by Crippen LogP contribution is -2.26. The van der Waals surface area contributed by atoms with Crippen molar-refractivity contribution in [2.45, 2.75) is 19.0 Å². The molecule has 1 unspecified atom stereocenters. The van der Waals surface area contributed by atoms with Crippen LogP contribution in [-0.2, 0) is 13.6 Å². The quantitative estimate of drug-likeness (QED) is 0.944. The molecule has 2 aromatic rings. The number of benzene rings is 1. The minimum absolute atomic E-state index is 0.335. The number of nitrogens with zero attached hydrogens (tertiary/aromatic N) is 2. The molecule has 1 aromatic carbocycles. The number of aryl methyl sites for hydroxylation is 1. The first kappa shape index (κ1) is 12.7. The Morgan fingerprint density at radius 3 is 3.21 bits per heavy atom. The van der Waals surface area contributed by atoms with Crippen LogP contribution in [0.2, 0.25) is 0 Å². The zero-order valence-corrected chi connectivity index (χ0v) is 12.4. The molecule has 1 aliphatic heterocycles. The summed E-state index contributed by atoms with van der Waals surface area (Å²) in [6.45, 7) is 1.59. The van der Waals surface area contributed by atoms with E-state index in [4.69, 9.17) is 4.74 Å². The Morgan fingerprint density at radius 1 is 1.53 bits per heavy atom. The fourth-order valence-corrected chi connectivity index (χ4v) is 2.76. The molecule has 1 aliphatic rings. The van der Waals surface area contributed by atoms with Crippen molar-refractivity contribution in [1.82, 2.24) is 15.1 Å². The molecular weight excluding hydrogens is 306 g/mol. The van der Waals surface area contributed by atoms with Gasteiger partial charge in [0.25, 0.3) is 0 Å². The van der Waals surface area contributed by atoms with Crippen LogP contribution in [0.25, 0.3) is 0 Å².